The van der Waals surface area contributed by atoms with Crippen LogP contribution in [0.1, 0.15) is 31.4 Å². The highest BCUT2D eigenvalue weighted by Crippen LogP contribution is 2.37. The molecule has 1 saturated carbocycles. The van der Waals surface area contributed by atoms with Crippen molar-refractivity contribution in [2.45, 2.75) is 44.4 Å². The molecule has 0 saturated heterocycles. The standard InChI is InChI=1S/C12H18F3N3/c1-18-8-16-6-9(18)7-17-11-5-3-2-4-10(11)12(13,14)15/h6,8,10-11,17H,2-5,7H2,1H3. The molecule has 1 heterocycles. The van der Waals surface area contributed by atoms with Crippen molar-refractivity contribution in [2.75, 3.05) is 0 Å². The number of nitrogens with one attached hydrogen (secondary N) is 1. The summed E-state index contributed by atoms with van der Waals surface area (Å²) in [5.74, 6) is -1.21. The summed E-state index contributed by atoms with van der Waals surface area (Å²) in [6.45, 7) is 0.438. The Morgan fingerprint density at radius 1 is 1.39 bits per heavy atom. The van der Waals surface area contributed by atoms with E-state index in [2.05, 4.69) is 10.3 Å². The number of nitrogens with zero attached hydrogens (tertiary/aromatic N) is 2. The highest BCUT2D eigenvalue weighted by molar-refractivity contribution is 4.98. The van der Waals surface area contributed by atoms with E-state index in [1.165, 1.54) is 0 Å². The number of hydrogen-bond donors (Lipinski definition) is 1. The lowest BCUT2D eigenvalue weighted by molar-refractivity contribution is -0.189. The second-order valence-electron chi connectivity index (χ2n) is 4.92. The number of rotatable bonds is 3. The molecule has 18 heavy (non-hydrogen) atoms. The summed E-state index contributed by atoms with van der Waals surface area (Å²) >= 11 is 0. The molecule has 2 atom stereocenters. The molecule has 2 rings (SSSR count). The number of aromatic nitrogens is 2. The van der Waals surface area contributed by atoms with Crippen LogP contribution in [0.5, 0.6) is 0 Å². The minimum Gasteiger partial charge on any atom is -0.337 e. The minimum absolute atomic E-state index is 0.243. The fourth-order valence-electron chi connectivity index (χ4n) is 2.56. The Morgan fingerprint density at radius 2 is 2.11 bits per heavy atom. The third-order valence-electron chi connectivity index (χ3n) is 3.65. The molecule has 0 radical (unpaired) electrons. The van der Waals surface area contributed by atoms with Gasteiger partial charge in [0.1, 0.15) is 0 Å². The van der Waals surface area contributed by atoms with Crippen molar-refractivity contribution in [2.24, 2.45) is 13.0 Å². The van der Waals surface area contributed by atoms with Crippen LogP contribution in [0.4, 0.5) is 13.2 Å². The summed E-state index contributed by atoms with van der Waals surface area (Å²) in [5, 5.41) is 3.04. The third kappa shape index (κ3) is 3.04. The maximum Gasteiger partial charge on any atom is 0.393 e. The monoisotopic (exact) mass is 261 g/mol. The Labute approximate surface area is 104 Å². The molecule has 1 fully saturated rings. The second-order valence-corrected chi connectivity index (χ2v) is 4.92. The predicted molar refractivity (Wildman–Crippen MR) is 61.8 cm³/mol. The van der Waals surface area contributed by atoms with E-state index in [4.69, 9.17) is 0 Å². The molecule has 6 heteroatoms. The lowest BCUT2D eigenvalue weighted by Crippen LogP contribution is -2.45. The van der Waals surface area contributed by atoms with Crippen molar-refractivity contribution in [3.8, 4) is 0 Å². The van der Waals surface area contributed by atoms with E-state index in [0.717, 1.165) is 12.1 Å². The Morgan fingerprint density at radius 3 is 2.72 bits per heavy atom. The van der Waals surface area contributed by atoms with Crippen LogP contribution in [-0.2, 0) is 13.6 Å². The summed E-state index contributed by atoms with van der Waals surface area (Å²) in [4.78, 5) is 3.95. The van der Waals surface area contributed by atoms with Gasteiger partial charge >= 0.3 is 6.18 Å². The van der Waals surface area contributed by atoms with Crippen molar-refractivity contribution >= 4 is 0 Å². The van der Waals surface area contributed by atoms with Crippen LogP contribution in [0.25, 0.3) is 0 Å². The topological polar surface area (TPSA) is 29.9 Å². The summed E-state index contributed by atoms with van der Waals surface area (Å²) in [5.41, 5.74) is 0.904. The zero-order valence-electron chi connectivity index (χ0n) is 10.4. The molecular weight excluding hydrogens is 243 g/mol. The normalized spacial score (nSPS) is 25.3. The van der Waals surface area contributed by atoms with Gasteiger partial charge in [-0.05, 0) is 12.8 Å². The van der Waals surface area contributed by atoms with Gasteiger partial charge in [0.25, 0.3) is 0 Å². The first-order chi connectivity index (χ1) is 8.48. The van der Waals surface area contributed by atoms with E-state index < -0.39 is 18.1 Å². The lowest BCUT2D eigenvalue weighted by atomic mass is 9.84. The van der Waals surface area contributed by atoms with E-state index in [1.807, 2.05) is 11.6 Å². The molecule has 0 aliphatic heterocycles. The largest absolute Gasteiger partial charge is 0.393 e. The Hall–Kier alpha value is -1.04. The first-order valence-electron chi connectivity index (χ1n) is 6.24. The van der Waals surface area contributed by atoms with Crippen LogP contribution >= 0.6 is 0 Å². The van der Waals surface area contributed by atoms with Crippen LogP contribution < -0.4 is 5.32 Å². The molecule has 0 aromatic carbocycles. The van der Waals surface area contributed by atoms with Gasteiger partial charge in [-0.1, -0.05) is 12.8 Å². The number of aryl methyl sites for hydroxylation is 1. The van der Waals surface area contributed by atoms with E-state index in [-0.39, 0.29) is 6.42 Å². The van der Waals surface area contributed by atoms with E-state index in [0.29, 0.717) is 19.4 Å². The first-order valence-corrected chi connectivity index (χ1v) is 6.24. The fourth-order valence-corrected chi connectivity index (χ4v) is 2.56. The van der Waals surface area contributed by atoms with Crippen molar-refractivity contribution in [1.29, 1.82) is 0 Å². The molecule has 1 aliphatic rings. The van der Waals surface area contributed by atoms with Crippen LogP contribution in [0.2, 0.25) is 0 Å². The Kier molecular flexibility index (Phi) is 3.94. The van der Waals surface area contributed by atoms with Crippen molar-refractivity contribution in [3.63, 3.8) is 0 Å². The maximum atomic E-state index is 12.9. The zero-order chi connectivity index (χ0) is 13.2. The smallest absolute Gasteiger partial charge is 0.337 e. The average Bonchev–Trinajstić information content (AvgIpc) is 2.71. The molecule has 0 amide bonds. The van der Waals surface area contributed by atoms with Gasteiger partial charge < -0.3 is 9.88 Å². The zero-order valence-corrected chi connectivity index (χ0v) is 10.4. The van der Waals surface area contributed by atoms with E-state index in [1.54, 1.807) is 12.5 Å². The molecule has 3 nitrogen and oxygen atoms in total. The van der Waals surface area contributed by atoms with Crippen LogP contribution in [0, 0.1) is 5.92 Å². The van der Waals surface area contributed by atoms with Gasteiger partial charge in [-0.2, -0.15) is 13.2 Å². The van der Waals surface area contributed by atoms with E-state index >= 15 is 0 Å². The van der Waals surface area contributed by atoms with Gasteiger partial charge in [0, 0.05) is 25.8 Å². The van der Waals surface area contributed by atoms with Crippen molar-refractivity contribution in [3.05, 3.63) is 18.2 Å². The quantitative estimate of drug-likeness (QED) is 0.906. The Balaban J connectivity index is 1.96. The van der Waals surface area contributed by atoms with Gasteiger partial charge in [-0.3, -0.25) is 0 Å². The van der Waals surface area contributed by atoms with Crippen LogP contribution in [0.15, 0.2) is 12.5 Å². The first kappa shape index (κ1) is 13.4. The Bertz CT molecular complexity index is 386. The minimum atomic E-state index is -4.09. The van der Waals surface area contributed by atoms with Gasteiger partial charge in [0.15, 0.2) is 0 Å². The summed E-state index contributed by atoms with van der Waals surface area (Å²) in [7, 11) is 1.84. The van der Waals surface area contributed by atoms with Crippen molar-refractivity contribution < 1.29 is 13.2 Å². The van der Waals surface area contributed by atoms with Crippen molar-refractivity contribution in [1.82, 2.24) is 14.9 Å². The fraction of sp³-hybridized carbons (Fsp3) is 0.750. The number of imidazole rings is 1. The molecule has 1 aromatic rings. The van der Waals surface area contributed by atoms with Gasteiger partial charge in [-0.25, -0.2) is 4.98 Å². The maximum absolute atomic E-state index is 12.9. The molecule has 1 N–H and O–H groups in total. The highest BCUT2D eigenvalue weighted by atomic mass is 19.4. The lowest BCUT2D eigenvalue weighted by Gasteiger charge is -2.33. The van der Waals surface area contributed by atoms with E-state index in [9.17, 15) is 13.2 Å². The molecular formula is C12H18F3N3. The van der Waals surface area contributed by atoms with Gasteiger partial charge in [0.05, 0.1) is 17.9 Å². The third-order valence-corrected chi connectivity index (χ3v) is 3.65. The summed E-state index contributed by atoms with van der Waals surface area (Å²) in [6, 6.07) is -0.464. The van der Waals surface area contributed by atoms with Crippen LogP contribution in [0.3, 0.4) is 0 Å². The number of halogens is 3. The van der Waals surface area contributed by atoms with Crippen LogP contribution in [-0.4, -0.2) is 21.8 Å². The molecule has 1 aromatic heterocycles. The summed E-state index contributed by atoms with van der Waals surface area (Å²) in [6.07, 6.45) is 1.63. The molecule has 102 valence electrons. The van der Waals surface area contributed by atoms with Gasteiger partial charge in [0.2, 0.25) is 0 Å². The molecule has 2 unspecified atom stereocenters. The average molecular weight is 261 g/mol. The summed E-state index contributed by atoms with van der Waals surface area (Å²) < 4.78 is 40.5. The molecule has 0 spiro atoms. The highest BCUT2D eigenvalue weighted by Gasteiger charge is 2.45. The van der Waals surface area contributed by atoms with Gasteiger partial charge in [-0.15, -0.1) is 0 Å². The SMILES string of the molecule is Cn1cncc1CNC1CCCCC1C(F)(F)F. The number of hydrogen-bond acceptors (Lipinski definition) is 2. The number of alkyl halides is 3. The molecule has 0 bridgehead atoms. The predicted octanol–water partition coefficient (Wildman–Crippen LogP) is 2.63. The second kappa shape index (κ2) is 5.30. The molecule has 1 aliphatic carbocycles.